The summed E-state index contributed by atoms with van der Waals surface area (Å²) in [5.74, 6) is 0.922. The van der Waals surface area contributed by atoms with Crippen molar-refractivity contribution in [1.82, 2.24) is 35.1 Å². The first kappa shape index (κ1) is 16.8. The number of hydrogen-bond donors (Lipinski definition) is 1. The van der Waals surface area contributed by atoms with Gasteiger partial charge in [-0.2, -0.15) is 10.1 Å². The Morgan fingerprint density at radius 3 is 2.81 bits per heavy atom. The van der Waals surface area contributed by atoms with Gasteiger partial charge in [0.1, 0.15) is 12.0 Å². The number of fused-ring (bicyclic) bond motifs is 1. The van der Waals surface area contributed by atoms with Crippen LogP contribution in [0.25, 0.3) is 17.2 Å². The van der Waals surface area contributed by atoms with Crippen LogP contribution in [-0.2, 0) is 6.54 Å². The summed E-state index contributed by atoms with van der Waals surface area (Å²) in [4.78, 5) is 20.8. The van der Waals surface area contributed by atoms with E-state index >= 15 is 0 Å². The minimum atomic E-state index is -0.345. The maximum atomic E-state index is 12.5. The van der Waals surface area contributed by atoms with Gasteiger partial charge in [0, 0.05) is 5.56 Å². The number of benzene rings is 1. The van der Waals surface area contributed by atoms with E-state index in [1.165, 1.54) is 6.33 Å². The van der Waals surface area contributed by atoms with E-state index < -0.39 is 0 Å². The van der Waals surface area contributed by atoms with Gasteiger partial charge in [0.2, 0.25) is 11.8 Å². The summed E-state index contributed by atoms with van der Waals surface area (Å²) in [6.07, 6.45) is 1.42. The van der Waals surface area contributed by atoms with E-state index in [0.717, 1.165) is 11.3 Å². The third-order valence-electron chi connectivity index (χ3n) is 3.99. The standard InChI is InChI=1S/C18H17N7O2/c1-11(2)14-8-13(22-18-20-10-21-25(14)18)16(26)19-9-15-23-24-17(27-15)12-6-4-3-5-7-12/h3-8,10-11H,9H2,1-2H3,(H,19,26). The van der Waals surface area contributed by atoms with Gasteiger partial charge in [0.15, 0.2) is 0 Å². The third-order valence-corrected chi connectivity index (χ3v) is 3.99. The number of nitrogens with one attached hydrogen (secondary N) is 1. The Morgan fingerprint density at radius 2 is 2.04 bits per heavy atom. The lowest BCUT2D eigenvalue weighted by molar-refractivity contribution is 0.0942. The fourth-order valence-electron chi connectivity index (χ4n) is 2.63. The Labute approximate surface area is 154 Å². The summed E-state index contributed by atoms with van der Waals surface area (Å²) < 4.78 is 7.22. The molecule has 0 aliphatic rings. The molecule has 4 rings (SSSR count). The van der Waals surface area contributed by atoms with Gasteiger partial charge in [-0.25, -0.2) is 9.50 Å². The summed E-state index contributed by atoms with van der Waals surface area (Å²) in [5, 5.41) is 14.9. The third kappa shape index (κ3) is 3.39. The van der Waals surface area contributed by atoms with Gasteiger partial charge in [0.25, 0.3) is 11.7 Å². The van der Waals surface area contributed by atoms with Crippen LogP contribution < -0.4 is 5.32 Å². The number of nitrogens with zero attached hydrogens (tertiary/aromatic N) is 6. The van der Waals surface area contributed by atoms with Gasteiger partial charge in [-0.05, 0) is 24.1 Å². The highest BCUT2D eigenvalue weighted by atomic mass is 16.4. The molecule has 0 saturated carbocycles. The molecule has 0 saturated heterocycles. The van der Waals surface area contributed by atoms with Gasteiger partial charge < -0.3 is 9.73 Å². The first-order valence-electron chi connectivity index (χ1n) is 8.48. The predicted octanol–water partition coefficient (Wildman–Crippen LogP) is 2.23. The van der Waals surface area contributed by atoms with Crippen LogP contribution in [0.4, 0.5) is 0 Å². The molecule has 0 unspecified atom stereocenters. The quantitative estimate of drug-likeness (QED) is 0.579. The molecule has 0 fully saturated rings. The molecule has 1 N–H and O–H groups in total. The molecule has 136 valence electrons. The van der Waals surface area contributed by atoms with Gasteiger partial charge in [0.05, 0.1) is 12.2 Å². The minimum Gasteiger partial charge on any atom is -0.419 e. The van der Waals surface area contributed by atoms with Gasteiger partial charge in [-0.1, -0.05) is 32.0 Å². The maximum absolute atomic E-state index is 12.5. The highest BCUT2D eigenvalue weighted by Crippen LogP contribution is 2.17. The fourth-order valence-corrected chi connectivity index (χ4v) is 2.63. The molecule has 0 aliphatic heterocycles. The van der Waals surface area contributed by atoms with Gasteiger partial charge in [-0.15, -0.1) is 10.2 Å². The zero-order valence-corrected chi connectivity index (χ0v) is 14.8. The van der Waals surface area contributed by atoms with Gasteiger partial charge in [-0.3, -0.25) is 4.79 Å². The normalized spacial score (nSPS) is 11.2. The van der Waals surface area contributed by atoms with E-state index in [1.807, 2.05) is 44.2 Å². The first-order valence-corrected chi connectivity index (χ1v) is 8.48. The second kappa shape index (κ2) is 6.94. The molecule has 0 atom stereocenters. The zero-order valence-electron chi connectivity index (χ0n) is 14.8. The smallest absolute Gasteiger partial charge is 0.270 e. The van der Waals surface area contributed by atoms with Crippen molar-refractivity contribution < 1.29 is 9.21 Å². The highest BCUT2D eigenvalue weighted by Gasteiger charge is 2.16. The average molecular weight is 363 g/mol. The van der Waals surface area contributed by atoms with Crippen LogP contribution in [0.1, 0.15) is 41.8 Å². The van der Waals surface area contributed by atoms with Crippen molar-refractivity contribution in [3.63, 3.8) is 0 Å². The Balaban J connectivity index is 1.50. The SMILES string of the molecule is CC(C)c1cc(C(=O)NCc2nnc(-c3ccccc3)o2)nc2ncnn12. The maximum Gasteiger partial charge on any atom is 0.270 e. The topological polar surface area (TPSA) is 111 Å². The van der Waals surface area contributed by atoms with Crippen LogP contribution in [0.15, 0.2) is 47.1 Å². The van der Waals surface area contributed by atoms with Crippen LogP contribution in [0.3, 0.4) is 0 Å². The number of rotatable bonds is 5. The predicted molar refractivity (Wildman–Crippen MR) is 95.8 cm³/mol. The lowest BCUT2D eigenvalue weighted by atomic mass is 10.1. The number of carbonyl (C=O) groups excluding carboxylic acids is 1. The number of aromatic nitrogens is 6. The lowest BCUT2D eigenvalue weighted by Gasteiger charge is -2.09. The van der Waals surface area contributed by atoms with Crippen molar-refractivity contribution in [1.29, 1.82) is 0 Å². The number of hydrogen-bond acceptors (Lipinski definition) is 7. The molecule has 3 heterocycles. The van der Waals surface area contributed by atoms with Crippen molar-refractivity contribution in [3.8, 4) is 11.5 Å². The molecular formula is C18H17N7O2. The van der Waals surface area contributed by atoms with E-state index in [0.29, 0.717) is 17.6 Å². The molecule has 0 spiro atoms. The Kier molecular flexibility index (Phi) is 4.33. The first-order chi connectivity index (χ1) is 13.1. The van der Waals surface area contributed by atoms with Crippen molar-refractivity contribution in [2.45, 2.75) is 26.3 Å². The molecule has 1 aromatic carbocycles. The Morgan fingerprint density at radius 1 is 1.22 bits per heavy atom. The summed E-state index contributed by atoms with van der Waals surface area (Å²) in [7, 11) is 0. The second-order valence-corrected chi connectivity index (χ2v) is 6.24. The molecule has 3 aromatic heterocycles. The Bertz CT molecular complexity index is 1090. The van der Waals surface area contributed by atoms with Crippen molar-refractivity contribution in [2.24, 2.45) is 0 Å². The average Bonchev–Trinajstić information content (AvgIpc) is 3.35. The largest absolute Gasteiger partial charge is 0.419 e. The van der Waals surface area contributed by atoms with Crippen molar-refractivity contribution in [3.05, 3.63) is 60.0 Å². The van der Waals surface area contributed by atoms with E-state index in [4.69, 9.17) is 4.42 Å². The molecule has 9 nitrogen and oxygen atoms in total. The molecule has 4 aromatic rings. The van der Waals surface area contributed by atoms with Crippen molar-refractivity contribution >= 4 is 11.7 Å². The van der Waals surface area contributed by atoms with E-state index in [-0.39, 0.29) is 24.1 Å². The summed E-state index contributed by atoms with van der Waals surface area (Å²) in [6.45, 7) is 4.14. The van der Waals surface area contributed by atoms with E-state index in [1.54, 1.807) is 10.6 Å². The molecular weight excluding hydrogens is 346 g/mol. The molecule has 1 amide bonds. The number of amides is 1. The molecule has 0 aliphatic carbocycles. The van der Waals surface area contributed by atoms with Crippen LogP contribution >= 0.6 is 0 Å². The summed E-state index contributed by atoms with van der Waals surface area (Å²) in [5.41, 5.74) is 1.94. The highest BCUT2D eigenvalue weighted by molar-refractivity contribution is 5.92. The van der Waals surface area contributed by atoms with Crippen LogP contribution in [0.5, 0.6) is 0 Å². The van der Waals surface area contributed by atoms with Crippen molar-refractivity contribution in [2.75, 3.05) is 0 Å². The summed E-state index contributed by atoms with van der Waals surface area (Å²) >= 11 is 0. The monoisotopic (exact) mass is 363 g/mol. The Hall–Kier alpha value is -3.62. The lowest BCUT2D eigenvalue weighted by Crippen LogP contribution is -2.25. The summed E-state index contributed by atoms with van der Waals surface area (Å²) in [6, 6.07) is 11.2. The van der Waals surface area contributed by atoms with E-state index in [2.05, 4.69) is 30.6 Å². The van der Waals surface area contributed by atoms with Gasteiger partial charge >= 0.3 is 0 Å². The minimum absolute atomic E-state index is 0.106. The molecule has 9 heteroatoms. The van der Waals surface area contributed by atoms with Crippen LogP contribution in [0.2, 0.25) is 0 Å². The zero-order chi connectivity index (χ0) is 18.8. The van der Waals surface area contributed by atoms with E-state index in [9.17, 15) is 4.79 Å². The van der Waals surface area contributed by atoms with Crippen LogP contribution in [-0.4, -0.2) is 35.7 Å². The fraction of sp³-hybridized carbons (Fsp3) is 0.222. The van der Waals surface area contributed by atoms with Crippen LogP contribution in [0, 0.1) is 0 Å². The second-order valence-electron chi connectivity index (χ2n) is 6.24. The molecule has 0 radical (unpaired) electrons. The molecule has 0 bridgehead atoms. The molecule has 27 heavy (non-hydrogen) atoms. The number of carbonyl (C=O) groups is 1.